The molecule has 6 heteroatoms. The number of epoxide rings is 1. The Kier molecular flexibility index (Phi) is 4.05. The van der Waals surface area contributed by atoms with Gasteiger partial charge in [0.1, 0.15) is 11.8 Å². The highest BCUT2D eigenvalue weighted by atomic mass is 28.4. The SMILES string of the molecule is CO[Si](OC)(OC)C(C)OC1OC1C. The molecule has 1 saturated heterocycles. The summed E-state index contributed by atoms with van der Waals surface area (Å²) in [5.41, 5.74) is -0.225. The second-order valence-electron chi connectivity index (χ2n) is 3.20. The van der Waals surface area contributed by atoms with Gasteiger partial charge in [0.2, 0.25) is 0 Å². The summed E-state index contributed by atoms with van der Waals surface area (Å²) < 4.78 is 26.6. The molecule has 0 saturated carbocycles. The lowest BCUT2D eigenvalue weighted by Gasteiger charge is -2.29. The molecule has 3 atom stereocenters. The van der Waals surface area contributed by atoms with Crippen LogP contribution in [-0.2, 0) is 22.8 Å². The van der Waals surface area contributed by atoms with Crippen LogP contribution in [0, 0.1) is 0 Å². The molecule has 0 aliphatic carbocycles. The normalized spacial score (nSPS) is 28.9. The van der Waals surface area contributed by atoms with Crippen LogP contribution in [0.25, 0.3) is 0 Å². The lowest BCUT2D eigenvalue weighted by atomic mass is 10.5. The largest absolute Gasteiger partial charge is 0.530 e. The minimum absolute atomic E-state index is 0.141. The first-order chi connectivity index (χ1) is 6.59. The maximum Gasteiger partial charge on any atom is 0.530 e. The summed E-state index contributed by atoms with van der Waals surface area (Å²) in [6.45, 7) is 3.82. The molecule has 3 unspecified atom stereocenters. The Hall–Kier alpha value is 0.0169. The Morgan fingerprint density at radius 3 is 1.86 bits per heavy atom. The number of rotatable bonds is 6. The van der Waals surface area contributed by atoms with E-state index in [1.54, 1.807) is 21.3 Å². The molecule has 0 radical (unpaired) electrons. The Morgan fingerprint density at radius 2 is 1.57 bits per heavy atom. The van der Waals surface area contributed by atoms with Gasteiger partial charge in [-0.1, -0.05) is 0 Å². The average molecular weight is 222 g/mol. The molecule has 1 fully saturated rings. The van der Waals surface area contributed by atoms with Crippen LogP contribution < -0.4 is 0 Å². The third-order valence-corrected chi connectivity index (χ3v) is 5.18. The van der Waals surface area contributed by atoms with Gasteiger partial charge in [-0.15, -0.1) is 0 Å². The van der Waals surface area contributed by atoms with Crippen molar-refractivity contribution in [2.75, 3.05) is 21.3 Å². The van der Waals surface area contributed by atoms with Gasteiger partial charge in [-0.2, -0.15) is 0 Å². The van der Waals surface area contributed by atoms with E-state index in [1.165, 1.54) is 0 Å². The molecule has 0 aromatic heterocycles. The quantitative estimate of drug-likeness (QED) is 0.485. The first-order valence-corrected chi connectivity index (χ1v) is 6.36. The Balaban J connectivity index is 2.49. The van der Waals surface area contributed by atoms with Crippen molar-refractivity contribution < 1.29 is 22.8 Å². The summed E-state index contributed by atoms with van der Waals surface area (Å²) in [5, 5.41) is 0. The lowest BCUT2D eigenvalue weighted by Crippen LogP contribution is -2.54. The van der Waals surface area contributed by atoms with Gasteiger partial charge in [0.05, 0.1) is 0 Å². The Labute approximate surface area is 85.6 Å². The fraction of sp³-hybridized carbons (Fsp3) is 1.00. The van der Waals surface area contributed by atoms with Crippen LogP contribution in [0.1, 0.15) is 13.8 Å². The maximum absolute atomic E-state index is 5.58. The maximum atomic E-state index is 5.58. The Morgan fingerprint density at radius 1 is 1.14 bits per heavy atom. The van der Waals surface area contributed by atoms with Crippen molar-refractivity contribution >= 4 is 8.80 Å². The summed E-state index contributed by atoms with van der Waals surface area (Å²) in [5.74, 6) is 0. The topological polar surface area (TPSA) is 49.5 Å². The van der Waals surface area contributed by atoms with Crippen LogP contribution in [0.4, 0.5) is 0 Å². The molecule has 5 nitrogen and oxygen atoms in total. The molecule has 84 valence electrons. The molecule has 1 aliphatic heterocycles. The fourth-order valence-electron chi connectivity index (χ4n) is 1.34. The first kappa shape index (κ1) is 12.1. The highest BCUT2D eigenvalue weighted by molar-refractivity contribution is 6.61. The van der Waals surface area contributed by atoms with E-state index in [-0.39, 0.29) is 18.1 Å². The molecule has 0 N–H and O–H groups in total. The standard InChI is InChI=1S/C8H18O5Si/c1-6-8(12-6)13-7(2)14(9-3,10-4)11-5/h6-8H,1-5H3. The van der Waals surface area contributed by atoms with E-state index in [4.69, 9.17) is 22.8 Å². The van der Waals surface area contributed by atoms with Crippen molar-refractivity contribution in [3.63, 3.8) is 0 Å². The van der Waals surface area contributed by atoms with E-state index < -0.39 is 8.80 Å². The molecule has 0 amide bonds. The molecular weight excluding hydrogens is 204 g/mol. The molecule has 14 heavy (non-hydrogen) atoms. The van der Waals surface area contributed by atoms with E-state index in [0.717, 1.165) is 0 Å². The van der Waals surface area contributed by atoms with Crippen LogP contribution in [0.5, 0.6) is 0 Å². The molecular formula is C8H18O5Si. The van der Waals surface area contributed by atoms with Crippen molar-refractivity contribution in [3.8, 4) is 0 Å². The van der Waals surface area contributed by atoms with Gasteiger partial charge >= 0.3 is 8.80 Å². The van der Waals surface area contributed by atoms with Gasteiger partial charge in [0.25, 0.3) is 0 Å². The monoisotopic (exact) mass is 222 g/mol. The summed E-state index contributed by atoms with van der Waals surface area (Å²) in [7, 11) is 2.02. The summed E-state index contributed by atoms with van der Waals surface area (Å²) in [6.07, 6.45) is 0.0204. The number of hydrogen-bond donors (Lipinski definition) is 0. The highest BCUT2D eigenvalue weighted by Crippen LogP contribution is 2.27. The second-order valence-corrected chi connectivity index (χ2v) is 6.45. The first-order valence-electron chi connectivity index (χ1n) is 4.56. The predicted octanol–water partition coefficient (Wildman–Crippen LogP) is 0.554. The zero-order valence-electron chi connectivity index (χ0n) is 9.27. The van der Waals surface area contributed by atoms with Gasteiger partial charge < -0.3 is 22.8 Å². The highest BCUT2D eigenvalue weighted by Gasteiger charge is 2.50. The van der Waals surface area contributed by atoms with E-state index in [0.29, 0.717) is 0 Å². The minimum atomic E-state index is -2.68. The van der Waals surface area contributed by atoms with Crippen molar-refractivity contribution in [2.24, 2.45) is 0 Å². The van der Waals surface area contributed by atoms with E-state index in [2.05, 4.69) is 0 Å². The Bertz CT molecular complexity index is 176. The minimum Gasteiger partial charge on any atom is -0.375 e. The third-order valence-electron chi connectivity index (χ3n) is 2.35. The zero-order chi connectivity index (χ0) is 10.8. The smallest absolute Gasteiger partial charge is 0.375 e. The van der Waals surface area contributed by atoms with E-state index in [1.807, 2.05) is 13.8 Å². The number of ether oxygens (including phenoxy) is 2. The van der Waals surface area contributed by atoms with Gasteiger partial charge in [-0.3, -0.25) is 0 Å². The van der Waals surface area contributed by atoms with E-state index >= 15 is 0 Å². The van der Waals surface area contributed by atoms with Crippen molar-refractivity contribution in [1.29, 1.82) is 0 Å². The van der Waals surface area contributed by atoms with Crippen molar-refractivity contribution in [2.45, 2.75) is 32.0 Å². The summed E-state index contributed by atoms with van der Waals surface area (Å²) in [4.78, 5) is 0. The molecule has 1 heterocycles. The third kappa shape index (κ3) is 2.33. The second kappa shape index (κ2) is 4.69. The fourth-order valence-corrected chi connectivity index (χ4v) is 3.14. The molecule has 1 rings (SSSR count). The summed E-state index contributed by atoms with van der Waals surface area (Å²) >= 11 is 0. The summed E-state index contributed by atoms with van der Waals surface area (Å²) in [6, 6.07) is 0. The van der Waals surface area contributed by atoms with Crippen LogP contribution >= 0.6 is 0 Å². The molecule has 0 aromatic carbocycles. The predicted molar refractivity (Wildman–Crippen MR) is 51.7 cm³/mol. The zero-order valence-corrected chi connectivity index (χ0v) is 10.3. The van der Waals surface area contributed by atoms with Crippen LogP contribution in [0.2, 0.25) is 0 Å². The molecule has 1 aliphatic rings. The van der Waals surface area contributed by atoms with Crippen LogP contribution in [0.3, 0.4) is 0 Å². The molecule has 0 bridgehead atoms. The average Bonchev–Trinajstić information content (AvgIpc) is 2.85. The number of hydrogen-bond acceptors (Lipinski definition) is 5. The lowest BCUT2D eigenvalue weighted by molar-refractivity contribution is -0.0192. The van der Waals surface area contributed by atoms with Crippen LogP contribution in [0.15, 0.2) is 0 Å². The van der Waals surface area contributed by atoms with Gasteiger partial charge in [-0.05, 0) is 13.8 Å². The molecule has 0 spiro atoms. The van der Waals surface area contributed by atoms with Crippen molar-refractivity contribution in [1.82, 2.24) is 0 Å². The van der Waals surface area contributed by atoms with Crippen molar-refractivity contribution in [3.05, 3.63) is 0 Å². The molecule has 0 aromatic rings. The van der Waals surface area contributed by atoms with Crippen LogP contribution in [-0.4, -0.2) is 48.3 Å². The van der Waals surface area contributed by atoms with Gasteiger partial charge in [0.15, 0.2) is 6.29 Å². The van der Waals surface area contributed by atoms with E-state index in [9.17, 15) is 0 Å². The van der Waals surface area contributed by atoms with Gasteiger partial charge in [0, 0.05) is 21.3 Å². The van der Waals surface area contributed by atoms with Gasteiger partial charge in [-0.25, -0.2) is 0 Å².